The number of hydrogen-bond acceptors (Lipinski definition) is 6. The van der Waals surface area contributed by atoms with Gasteiger partial charge in [0.2, 0.25) is 0 Å². The van der Waals surface area contributed by atoms with E-state index in [-0.39, 0.29) is 11.4 Å². The number of methoxy groups -OCH3 is 1. The fourth-order valence-electron chi connectivity index (χ4n) is 3.14. The van der Waals surface area contributed by atoms with Crippen LogP contribution < -0.4 is 16.2 Å². The van der Waals surface area contributed by atoms with E-state index >= 15 is 0 Å². The van der Waals surface area contributed by atoms with Crippen LogP contribution in [0.25, 0.3) is 10.9 Å². The normalized spacial score (nSPS) is 10.8. The summed E-state index contributed by atoms with van der Waals surface area (Å²) in [6, 6.07) is 10.6. The average molecular weight is 393 g/mol. The predicted octanol–water partition coefficient (Wildman–Crippen LogP) is 2.35. The minimum Gasteiger partial charge on any atom is -0.491 e. The first kappa shape index (κ1) is 20.1. The first-order valence-corrected chi connectivity index (χ1v) is 8.95. The number of nitrogen functional groups attached to an aromatic ring is 1. The number of benzene rings is 2. The van der Waals surface area contributed by atoms with E-state index in [2.05, 4.69) is 4.98 Å². The molecule has 8 nitrogen and oxygen atoms in total. The van der Waals surface area contributed by atoms with Gasteiger partial charge in [0.05, 0.1) is 23.5 Å². The minimum absolute atomic E-state index is 0.148. The second-order valence-corrected chi connectivity index (χ2v) is 6.56. The Bertz CT molecular complexity index is 1120. The lowest BCUT2D eigenvalue weighted by Gasteiger charge is -2.11. The first-order chi connectivity index (χ1) is 13.8. The SMILES string of the molecule is COCCOc1ccc2c(C(=N)c3cccc(N)c3C)c(C(=N)C(N)=O)[nH]c2c1. The van der Waals surface area contributed by atoms with Crippen molar-refractivity contribution in [3.8, 4) is 5.75 Å². The minimum atomic E-state index is -0.883. The number of aromatic amines is 1. The van der Waals surface area contributed by atoms with E-state index in [0.29, 0.717) is 46.7 Å². The van der Waals surface area contributed by atoms with Crippen LogP contribution in [-0.4, -0.2) is 42.6 Å². The number of amides is 1. The summed E-state index contributed by atoms with van der Waals surface area (Å²) in [5, 5.41) is 17.6. The number of ether oxygens (including phenoxy) is 2. The molecule has 0 atom stereocenters. The molecule has 1 aromatic heterocycles. The number of anilines is 1. The van der Waals surface area contributed by atoms with Crippen LogP contribution in [0.1, 0.15) is 22.4 Å². The number of carbonyl (C=O) groups is 1. The zero-order valence-corrected chi connectivity index (χ0v) is 16.3. The van der Waals surface area contributed by atoms with Crippen molar-refractivity contribution in [3.63, 3.8) is 0 Å². The van der Waals surface area contributed by atoms with Crippen molar-refractivity contribution >= 4 is 33.9 Å². The van der Waals surface area contributed by atoms with Crippen LogP contribution in [0.5, 0.6) is 5.75 Å². The summed E-state index contributed by atoms with van der Waals surface area (Å²) in [6.07, 6.45) is 0. The van der Waals surface area contributed by atoms with Crippen molar-refractivity contribution in [2.45, 2.75) is 6.92 Å². The maximum absolute atomic E-state index is 11.7. The van der Waals surface area contributed by atoms with Gasteiger partial charge in [-0.1, -0.05) is 12.1 Å². The van der Waals surface area contributed by atoms with Crippen LogP contribution >= 0.6 is 0 Å². The smallest absolute Gasteiger partial charge is 0.268 e. The Morgan fingerprint density at radius 2 is 1.93 bits per heavy atom. The number of H-pyrrole nitrogens is 1. The largest absolute Gasteiger partial charge is 0.491 e. The third kappa shape index (κ3) is 3.83. The number of nitrogens with one attached hydrogen (secondary N) is 3. The van der Waals surface area contributed by atoms with Gasteiger partial charge in [-0.2, -0.15) is 0 Å². The fourth-order valence-corrected chi connectivity index (χ4v) is 3.14. The maximum Gasteiger partial charge on any atom is 0.268 e. The Labute approximate surface area is 167 Å². The zero-order chi connectivity index (χ0) is 21.1. The third-order valence-electron chi connectivity index (χ3n) is 4.72. The fraction of sp³-hybridized carbons (Fsp3) is 0.190. The van der Waals surface area contributed by atoms with E-state index in [4.69, 9.17) is 31.8 Å². The van der Waals surface area contributed by atoms with Gasteiger partial charge in [0, 0.05) is 35.4 Å². The molecular weight excluding hydrogens is 370 g/mol. The number of fused-ring (bicyclic) bond motifs is 1. The van der Waals surface area contributed by atoms with Crippen LogP contribution in [0.3, 0.4) is 0 Å². The summed E-state index contributed by atoms with van der Waals surface area (Å²) in [4.78, 5) is 14.8. The van der Waals surface area contributed by atoms with E-state index < -0.39 is 11.6 Å². The molecule has 7 N–H and O–H groups in total. The predicted molar refractivity (Wildman–Crippen MR) is 113 cm³/mol. The topological polar surface area (TPSA) is 151 Å². The molecule has 1 amide bonds. The molecule has 29 heavy (non-hydrogen) atoms. The monoisotopic (exact) mass is 393 g/mol. The van der Waals surface area contributed by atoms with E-state index in [1.807, 2.05) is 6.92 Å². The lowest BCUT2D eigenvalue weighted by atomic mass is 9.94. The molecule has 0 bridgehead atoms. The molecule has 0 fully saturated rings. The molecular formula is C21H23N5O3. The quantitative estimate of drug-likeness (QED) is 0.227. The zero-order valence-electron chi connectivity index (χ0n) is 16.3. The van der Waals surface area contributed by atoms with Gasteiger partial charge in [-0.15, -0.1) is 0 Å². The summed E-state index contributed by atoms with van der Waals surface area (Å²) >= 11 is 0. The molecule has 0 saturated carbocycles. The van der Waals surface area contributed by atoms with Crippen molar-refractivity contribution < 1.29 is 14.3 Å². The molecule has 1 heterocycles. The van der Waals surface area contributed by atoms with Crippen molar-refractivity contribution in [1.82, 2.24) is 4.98 Å². The van der Waals surface area contributed by atoms with Crippen LogP contribution in [0.2, 0.25) is 0 Å². The number of hydrogen-bond donors (Lipinski definition) is 5. The van der Waals surface area contributed by atoms with Gasteiger partial charge in [-0.3, -0.25) is 15.6 Å². The highest BCUT2D eigenvalue weighted by Gasteiger charge is 2.23. The standard InChI is InChI=1S/C21H23N5O3/c1-11-13(4-3-5-15(11)22)18(23)17-14-7-6-12(29-9-8-28-2)10-16(14)26-20(17)19(24)21(25)27/h3-7,10,23-24,26H,8-9,22H2,1-2H3,(H2,25,27). The first-order valence-electron chi connectivity index (χ1n) is 8.95. The van der Waals surface area contributed by atoms with Crippen LogP contribution in [-0.2, 0) is 9.53 Å². The summed E-state index contributed by atoms with van der Waals surface area (Å²) in [5.74, 6) is -0.280. The van der Waals surface area contributed by atoms with Crippen molar-refractivity contribution in [2.75, 3.05) is 26.1 Å². The maximum atomic E-state index is 11.7. The molecule has 0 radical (unpaired) electrons. The molecule has 3 rings (SSSR count). The van der Waals surface area contributed by atoms with E-state index in [1.54, 1.807) is 43.5 Å². The molecule has 8 heteroatoms. The highest BCUT2D eigenvalue weighted by Crippen LogP contribution is 2.30. The Kier molecular flexibility index (Phi) is 5.65. The van der Waals surface area contributed by atoms with Crippen molar-refractivity contribution in [2.24, 2.45) is 5.73 Å². The van der Waals surface area contributed by atoms with E-state index in [1.165, 1.54) is 0 Å². The summed E-state index contributed by atoms with van der Waals surface area (Å²) < 4.78 is 10.6. The van der Waals surface area contributed by atoms with Gasteiger partial charge in [-0.25, -0.2) is 0 Å². The molecule has 0 saturated heterocycles. The highest BCUT2D eigenvalue weighted by atomic mass is 16.5. The van der Waals surface area contributed by atoms with Crippen LogP contribution in [0.4, 0.5) is 5.69 Å². The Balaban J connectivity index is 2.16. The molecule has 0 unspecified atom stereocenters. The summed E-state index contributed by atoms with van der Waals surface area (Å²) in [5.41, 5.74) is 14.3. The van der Waals surface area contributed by atoms with E-state index in [9.17, 15) is 4.79 Å². The van der Waals surface area contributed by atoms with Crippen molar-refractivity contribution in [1.29, 1.82) is 10.8 Å². The Morgan fingerprint density at radius 3 is 2.62 bits per heavy atom. The second kappa shape index (κ2) is 8.15. The summed E-state index contributed by atoms with van der Waals surface area (Å²) in [6.45, 7) is 2.66. The Morgan fingerprint density at radius 1 is 1.17 bits per heavy atom. The average Bonchev–Trinajstić information content (AvgIpc) is 3.07. The van der Waals surface area contributed by atoms with Gasteiger partial charge in [0.1, 0.15) is 18.1 Å². The number of aromatic nitrogens is 1. The van der Waals surface area contributed by atoms with Crippen LogP contribution in [0, 0.1) is 17.7 Å². The number of primary amides is 1. The van der Waals surface area contributed by atoms with Gasteiger partial charge >= 0.3 is 0 Å². The molecule has 2 aromatic carbocycles. The van der Waals surface area contributed by atoms with Gasteiger partial charge in [0.15, 0.2) is 0 Å². The number of nitrogens with two attached hydrogens (primary N) is 2. The van der Waals surface area contributed by atoms with Crippen molar-refractivity contribution in [3.05, 3.63) is 58.8 Å². The lowest BCUT2D eigenvalue weighted by Crippen LogP contribution is -2.25. The third-order valence-corrected chi connectivity index (χ3v) is 4.72. The van der Waals surface area contributed by atoms with Gasteiger partial charge < -0.3 is 25.9 Å². The molecule has 3 aromatic rings. The van der Waals surface area contributed by atoms with E-state index in [0.717, 1.165) is 5.56 Å². The molecule has 0 aliphatic carbocycles. The van der Waals surface area contributed by atoms with Gasteiger partial charge in [0.25, 0.3) is 5.91 Å². The lowest BCUT2D eigenvalue weighted by molar-refractivity contribution is -0.112. The second-order valence-electron chi connectivity index (χ2n) is 6.56. The molecule has 0 aliphatic heterocycles. The summed E-state index contributed by atoms with van der Waals surface area (Å²) in [7, 11) is 1.59. The number of carbonyl (C=O) groups excluding carboxylic acids is 1. The Hall–Kier alpha value is -3.65. The molecule has 150 valence electrons. The molecule has 0 spiro atoms. The number of rotatable bonds is 8. The molecule has 0 aliphatic rings. The van der Waals surface area contributed by atoms with Crippen LogP contribution in [0.15, 0.2) is 36.4 Å². The highest BCUT2D eigenvalue weighted by molar-refractivity contribution is 6.45. The van der Waals surface area contributed by atoms with Gasteiger partial charge in [-0.05, 0) is 30.7 Å².